The van der Waals surface area contributed by atoms with Crippen molar-refractivity contribution in [3.05, 3.63) is 71.3 Å². The summed E-state index contributed by atoms with van der Waals surface area (Å²) >= 11 is 0. The number of imide groups is 1. The molecule has 0 spiro atoms. The Labute approximate surface area is 188 Å². The quantitative estimate of drug-likeness (QED) is 0.528. The predicted octanol–water partition coefficient (Wildman–Crippen LogP) is 4.25. The third kappa shape index (κ3) is 2.94. The van der Waals surface area contributed by atoms with Crippen LogP contribution in [0, 0.1) is 18.8 Å². The van der Waals surface area contributed by atoms with Crippen LogP contribution in [0.4, 0.5) is 5.69 Å². The van der Waals surface area contributed by atoms with Crippen LogP contribution in [0.5, 0.6) is 0 Å². The van der Waals surface area contributed by atoms with Crippen LogP contribution in [0.1, 0.15) is 48.2 Å². The van der Waals surface area contributed by atoms with Gasteiger partial charge in [0, 0.05) is 23.4 Å². The van der Waals surface area contributed by atoms with E-state index in [9.17, 15) is 14.4 Å². The molecule has 2 fully saturated rings. The van der Waals surface area contributed by atoms with Gasteiger partial charge in [0.15, 0.2) is 5.78 Å². The number of hydrogen-bond donors (Lipinski definition) is 0. The summed E-state index contributed by atoms with van der Waals surface area (Å²) in [4.78, 5) is 44.3. The first-order valence-electron chi connectivity index (χ1n) is 11.5. The number of para-hydroxylation sites is 1. The molecule has 3 heterocycles. The minimum atomic E-state index is -0.693. The number of carbonyl (C=O) groups excluding carboxylic acids is 3. The molecule has 0 radical (unpaired) electrons. The highest BCUT2D eigenvalue weighted by molar-refractivity contribution is 6.14. The van der Waals surface area contributed by atoms with Gasteiger partial charge in [-0.15, -0.1) is 0 Å². The normalized spacial score (nSPS) is 26.0. The third-order valence-corrected chi connectivity index (χ3v) is 7.19. The fraction of sp³-hybridized carbons (Fsp3) is 0.370. The minimum absolute atomic E-state index is 0.0938. The smallest absolute Gasteiger partial charge is 0.235 e. The van der Waals surface area contributed by atoms with Crippen LogP contribution in [-0.4, -0.2) is 41.1 Å². The van der Waals surface area contributed by atoms with E-state index in [0.29, 0.717) is 12.1 Å². The second kappa shape index (κ2) is 7.73. The van der Waals surface area contributed by atoms with E-state index in [1.54, 1.807) is 0 Å². The number of benzene rings is 2. The first-order valence-corrected chi connectivity index (χ1v) is 11.5. The Bertz CT molecular complexity index is 1130. The highest BCUT2D eigenvalue weighted by Gasteiger charge is 2.64. The lowest BCUT2D eigenvalue weighted by Gasteiger charge is -2.38. The summed E-state index contributed by atoms with van der Waals surface area (Å²) in [5.41, 5.74) is 4.71. The number of likely N-dealkylation sites (tertiary alicyclic amines) is 1. The van der Waals surface area contributed by atoms with Crippen LogP contribution in [0.2, 0.25) is 0 Å². The van der Waals surface area contributed by atoms with Gasteiger partial charge in [-0.05, 0) is 31.9 Å². The van der Waals surface area contributed by atoms with Gasteiger partial charge in [0.05, 0.1) is 17.9 Å². The summed E-state index contributed by atoms with van der Waals surface area (Å²) in [5.74, 6) is -1.61. The standard InChI is InChI=1S/C27H28N2O3/c1-4-5-14-28-26(31)22-21-15-17(3)19-8-6-7-9-20(19)29(21)24(23(22)27(28)32)25(30)18-12-10-16(2)11-13-18/h6-13,15,21-24H,4-5,14H2,1-3H3/t21-,22-,23+,24-/m0/s1. The van der Waals surface area contributed by atoms with Crippen molar-refractivity contribution in [2.45, 2.75) is 45.7 Å². The van der Waals surface area contributed by atoms with E-state index in [2.05, 4.69) is 6.08 Å². The van der Waals surface area contributed by atoms with Gasteiger partial charge >= 0.3 is 0 Å². The summed E-state index contributed by atoms with van der Waals surface area (Å²) in [7, 11) is 0. The van der Waals surface area contributed by atoms with E-state index in [-0.39, 0.29) is 23.6 Å². The van der Waals surface area contributed by atoms with Gasteiger partial charge in [0.25, 0.3) is 0 Å². The number of Topliss-reactive ketones (excluding diaryl/α,β-unsaturated/α-hetero) is 1. The molecular weight excluding hydrogens is 400 g/mol. The Balaban J connectivity index is 1.64. The van der Waals surface area contributed by atoms with E-state index in [1.807, 2.05) is 74.2 Å². The topological polar surface area (TPSA) is 57.7 Å². The Morgan fingerprint density at radius 1 is 0.938 bits per heavy atom. The molecule has 2 saturated heterocycles. The fourth-order valence-corrected chi connectivity index (χ4v) is 5.58. The Hall–Kier alpha value is -3.21. The Morgan fingerprint density at radius 3 is 2.34 bits per heavy atom. The zero-order valence-electron chi connectivity index (χ0n) is 18.7. The van der Waals surface area contributed by atoms with Crippen molar-refractivity contribution in [2.24, 2.45) is 11.8 Å². The van der Waals surface area contributed by atoms with Crippen LogP contribution >= 0.6 is 0 Å². The molecule has 0 unspecified atom stereocenters. The van der Waals surface area contributed by atoms with Gasteiger partial charge in [0.2, 0.25) is 11.8 Å². The highest BCUT2D eigenvalue weighted by Crippen LogP contribution is 2.50. The predicted molar refractivity (Wildman–Crippen MR) is 124 cm³/mol. The minimum Gasteiger partial charge on any atom is -0.352 e. The molecule has 4 atom stereocenters. The first kappa shape index (κ1) is 20.7. The van der Waals surface area contributed by atoms with E-state index in [4.69, 9.17) is 0 Å². The summed E-state index contributed by atoms with van der Waals surface area (Å²) in [6.45, 7) is 6.49. The number of fused-ring (bicyclic) bond motifs is 5. The maximum absolute atomic E-state index is 13.9. The summed E-state index contributed by atoms with van der Waals surface area (Å²) < 4.78 is 0. The summed E-state index contributed by atoms with van der Waals surface area (Å²) in [6, 6.07) is 14.5. The molecule has 2 aromatic rings. The molecule has 0 bridgehead atoms. The Morgan fingerprint density at radius 2 is 1.62 bits per heavy atom. The SMILES string of the molecule is CCCCN1C(=O)[C@@H]2[C@@H](C1=O)[C@@H]1C=C(C)c3ccccc3N1[C@@H]2C(=O)c1ccc(C)cc1. The number of allylic oxidation sites excluding steroid dienone is 1. The molecule has 0 N–H and O–H groups in total. The van der Waals surface area contributed by atoms with E-state index in [0.717, 1.165) is 35.2 Å². The second-order valence-electron chi connectivity index (χ2n) is 9.17. The van der Waals surface area contributed by atoms with Gasteiger partial charge in [-0.1, -0.05) is 67.4 Å². The van der Waals surface area contributed by atoms with Crippen LogP contribution in [0.15, 0.2) is 54.6 Å². The van der Waals surface area contributed by atoms with Crippen LogP contribution in [-0.2, 0) is 9.59 Å². The van der Waals surface area contributed by atoms with Crippen molar-refractivity contribution in [3.8, 4) is 0 Å². The zero-order chi connectivity index (χ0) is 22.6. The Kier molecular flexibility index (Phi) is 5.00. The molecule has 32 heavy (non-hydrogen) atoms. The van der Waals surface area contributed by atoms with Crippen molar-refractivity contribution in [3.63, 3.8) is 0 Å². The molecule has 5 nitrogen and oxygen atoms in total. The van der Waals surface area contributed by atoms with Crippen molar-refractivity contribution in [1.82, 2.24) is 4.90 Å². The van der Waals surface area contributed by atoms with Gasteiger partial charge in [0.1, 0.15) is 6.04 Å². The molecule has 164 valence electrons. The molecule has 2 amide bonds. The largest absolute Gasteiger partial charge is 0.352 e. The number of aryl methyl sites for hydroxylation is 1. The number of carbonyl (C=O) groups is 3. The lowest BCUT2D eigenvalue weighted by Crippen LogP contribution is -2.49. The molecule has 3 aliphatic heterocycles. The third-order valence-electron chi connectivity index (χ3n) is 7.19. The molecular formula is C27H28N2O3. The van der Waals surface area contributed by atoms with Gasteiger partial charge in [-0.3, -0.25) is 19.3 Å². The van der Waals surface area contributed by atoms with Crippen LogP contribution in [0.3, 0.4) is 0 Å². The average Bonchev–Trinajstić information content (AvgIpc) is 3.25. The molecule has 5 heteroatoms. The van der Waals surface area contributed by atoms with Gasteiger partial charge in [-0.2, -0.15) is 0 Å². The number of hydrogen-bond acceptors (Lipinski definition) is 4. The van der Waals surface area contributed by atoms with E-state index < -0.39 is 17.9 Å². The first-order chi connectivity index (χ1) is 15.4. The van der Waals surface area contributed by atoms with Gasteiger partial charge < -0.3 is 4.90 Å². The molecule has 0 aliphatic carbocycles. The lowest BCUT2D eigenvalue weighted by atomic mass is 9.85. The molecule has 0 saturated carbocycles. The fourth-order valence-electron chi connectivity index (χ4n) is 5.58. The number of nitrogens with zero attached hydrogens (tertiary/aromatic N) is 2. The van der Waals surface area contributed by atoms with Gasteiger partial charge in [-0.25, -0.2) is 0 Å². The maximum Gasteiger partial charge on any atom is 0.235 e. The monoisotopic (exact) mass is 428 g/mol. The zero-order valence-corrected chi connectivity index (χ0v) is 18.7. The van der Waals surface area contributed by atoms with Crippen LogP contribution in [0.25, 0.3) is 5.57 Å². The second-order valence-corrected chi connectivity index (χ2v) is 9.17. The number of ketones is 1. The number of unbranched alkanes of at least 4 members (excludes halogenated alkanes) is 1. The molecule has 3 aliphatic rings. The van der Waals surface area contributed by atoms with Crippen molar-refractivity contribution in [1.29, 1.82) is 0 Å². The molecule has 0 aromatic heterocycles. The molecule has 5 rings (SSSR count). The number of anilines is 1. The number of rotatable bonds is 5. The molecule has 2 aromatic carbocycles. The van der Waals surface area contributed by atoms with Crippen molar-refractivity contribution in [2.75, 3.05) is 11.4 Å². The maximum atomic E-state index is 13.9. The van der Waals surface area contributed by atoms with E-state index >= 15 is 0 Å². The number of amides is 2. The van der Waals surface area contributed by atoms with E-state index in [1.165, 1.54) is 4.90 Å². The summed E-state index contributed by atoms with van der Waals surface area (Å²) in [5, 5.41) is 0. The van der Waals surface area contributed by atoms with Crippen molar-refractivity contribution < 1.29 is 14.4 Å². The summed E-state index contributed by atoms with van der Waals surface area (Å²) in [6.07, 6.45) is 3.76. The lowest BCUT2D eigenvalue weighted by molar-refractivity contribution is -0.140. The highest BCUT2D eigenvalue weighted by atomic mass is 16.2. The van der Waals surface area contributed by atoms with Crippen molar-refractivity contribution >= 4 is 28.9 Å². The average molecular weight is 429 g/mol. The van der Waals surface area contributed by atoms with Crippen LogP contribution < -0.4 is 4.90 Å².